The van der Waals surface area contributed by atoms with Gasteiger partial charge in [-0.05, 0) is 39.1 Å². The molecule has 0 unspecified atom stereocenters. The maximum Gasteiger partial charge on any atom is 0.241 e. The summed E-state index contributed by atoms with van der Waals surface area (Å²) in [6.45, 7) is 1.58. The highest BCUT2D eigenvalue weighted by molar-refractivity contribution is 7.89. The summed E-state index contributed by atoms with van der Waals surface area (Å²) in [5.74, 6) is 0.469. The largest absolute Gasteiger partial charge is 0.354 e. The van der Waals surface area contributed by atoms with Crippen LogP contribution in [0.2, 0.25) is 0 Å². The van der Waals surface area contributed by atoms with Crippen molar-refractivity contribution >= 4 is 15.8 Å². The molecule has 106 valence electrons. The van der Waals surface area contributed by atoms with Crippen molar-refractivity contribution in [3.63, 3.8) is 0 Å². The van der Waals surface area contributed by atoms with Gasteiger partial charge < -0.3 is 9.80 Å². The third-order valence-corrected chi connectivity index (χ3v) is 4.42. The fourth-order valence-electron chi connectivity index (χ4n) is 2.41. The molecule has 1 aliphatic heterocycles. The van der Waals surface area contributed by atoms with Crippen LogP contribution in [-0.4, -0.2) is 51.5 Å². The average molecular weight is 284 g/mol. The number of nitrogens with two attached hydrogens (primary N) is 1. The summed E-state index contributed by atoms with van der Waals surface area (Å²) in [7, 11) is 0.331. The minimum Gasteiger partial charge on any atom is -0.354 e. The number of primary sulfonamides is 1. The highest BCUT2D eigenvalue weighted by Crippen LogP contribution is 2.25. The normalized spacial score (nSPS) is 20.8. The minimum absolute atomic E-state index is 0.106. The van der Waals surface area contributed by atoms with E-state index in [0.717, 1.165) is 25.9 Å². The van der Waals surface area contributed by atoms with Crippen LogP contribution in [0.1, 0.15) is 12.8 Å². The lowest BCUT2D eigenvalue weighted by atomic mass is 10.1. The Morgan fingerprint density at radius 1 is 1.47 bits per heavy atom. The summed E-state index contributed by atoms with van der Waals surface area (Å²) in [6, 6.07) is 3.51. The Labute approximate surface area is 114 Å². The van der Waals surface area contributed by atoms with E-state index < -0.39 is 10.0 Å². The SMILES string of the molecule is CN(C)[C@@H]1CCCN(c2ncccc2S(N)(=O)=O)C1. The molecular formula is C12H20N4O2S. The van der Waals surface area contributed by atoms with Gasteiger partial charge in [-0.3, -0.25) is 0 Å². The number of rotatable bonds is 3. The van der Waals surface area contributed by atoms with E-state index in [2.05, 4.69) is 9.88 Å². The average Bonchev–Trinajstić information content (AvgIpc) is 2.38. The highest BCUT2D eigenvalue weighted by Gasteiger charge is 2.26. The second-order valence-corrected chi connectivity index (χ2v) is 6.61. The van der Waals surface area contributed by atoms with E-state index in [1.165, 1.54) is 6.07 Å². The third-order valence-electron chi connectivity index (χ3n) is 3.48. The van der Waals surface area contributed by atoms with E-state index in [9.17, 15) is 8.42 Å². The molecule has 1 aromatic rings. The number of likely N-dealkylation sites (N-methyl/N-ethyl adjacent to an activating group) is 1. The van der Waals surface area contributed by atoms with Crippen molar-refractivity contribution in [2.45, 2.75) is 23.8 Å². The second-order valence-electron chi connectivity index (χ2n) is 5.08. The second kappa shape index (κ2) is 5.44. The van der Waals surface area contributed by atoms with Crippen LogP contribution in [0.3, 0.4) is 0 Å². The molecule has 19 heavy (non-hydrogen) atoms. The molecule has 1 aliphatic rings. The van der Waals surface area contributed by atoms with Gasteiger partial charge in [0.1, 0.15) is 10.7 Å². The number of hydrogen-bond donors (Lipinski definition) is 1. The summed E-state index contributed by atoms with van der Waals surface area (Å²) in [6.07, 6.45) is 3.73. The van der Waals surface area contributed by atoms with E-state index in [-0.39, 0.29) is 4.90 Å². The molecule has 1 fully saturated rings. The van der Waals surface area contributed by atoms with Gasteiger partial charge in [0.15, 0.2) is 0 Å². The van der Waals surface area contributed by atoms with Crippen LogP contribution in [0.25, 0.3) is 0 Å². The number of aromatic nitrogens is 1. The van der Waals surface area contributed by atoms with Gasteiger partial charge in [-0.2, -0.15) is 0 Å². The maximum atomic E-state index is 11.6. The Morgan fingerprint density at radius 3 is 2.84 bits per heavy atom. The molecule has 0 bridgehead atoms. The van der Waals surface area contributed by atoms with Crippen molar-refractivity contribution in [3.05, 3.63) is 18.3 Å². The lowest BCUT2D eigenvalue weighted by Crippen LogP contribution is -2.46. The minimum atomic E-state index is -3.74. The molecule has 0 spiro atoms. The number of hydrogen-bond acceptors (Lipinski definition) is 5. The van der Waals surface area contributed by atoms with Gasteiger partial charge in [-0.15, -0.1) is 0 Å². The molecule has 0 saturated carbocycles. The quantitative estimate of drug-likeness (QED) is 0.861. The lowest BCUT2D eigenvalue weighted by molar-refractivity contribution is 0.257. The van der Waals surface area contributed by atoms with Crippen molar-refractivity contribution < 1.29 is 8.42 Å². The zero-order chi connectivity index (χ0) is 14.0. The van der Waals surface area contributed by atoms with Gasteiger partial charge in [-0.1, -0.05) is 0 Å². The van der Waals surface area contributed by atoms with Crippen molar-refractivity contribution in [1.29, 1.82) is 0 Å². The molecule has 2 N–H and O–H groups in total. The van der Waals surface area contributed by atoms with E-state index in [0.29, 0.717) is 11.9 Å². The van der Waals surface area contributed by atoms with E-state index >= 15 is 0 Å². The number of anilines is 1. The van der Waals surface area contributed by atoms with Gasteiger partial charge >= 0.3 is 0 Å². The highest BCUT2D eigenvalue weighted by atomic mass is 32.2. The van der Waals surface area contributed by atoms with Crippen LogP contribution < -0.4 is 10.0 Å². The molecule has 2 rings (SSSR count). The number of nitrogens with zero attached hydrogens (tertiary/aromatic N) is 3. The standard InChI is InChI=1S/C12H20N4O2S/c1-15(2)10-5-4-8-16(9-10)12-11(19(13,17)18)6-3-7-14-12/h3,6-7,10H,4-5,8-9H2,1-2H3,(H2,13,17,18)/t10-/m1/s1. The third kappa shape index (κ3) is 3.23. The Balaban J connectivity index is 2.32. The predicted molar refractivity (Wildman–Crippen MR) is 74.5 cm³/mol. The Kier molecular flexibility index (Phi) is 4.07. The Bertz CT molecular complexity index is 544. The van der Waals surface area contributed by atoms with Gasteiger partial charge in [-0.25, -0.2) is 18.5 Å². The van der Waals surface area contributed by atoms with Gasteiger partial charge in [0.05, 0.1) is 0 Å². The summed E-state index contributed by atoms with van der Waals surface area (Å²) in [4.78, 5) is 8.48. The van der Waals surface area contributed by atoms with Crippen LogP contribution in [0.15, 0.2) is 23.2 Å². The first-order chi connectivity index (χ1) is 8.89. The molecule has 0 aliphatic carbocycles. The molecule has 1 atom stereocenters. The van der Waals surface area contributed by atoms with E-state index in [1.54, 1.807) is 12.3 Å². The smallest absolute Gasteiger partial charge is 0.241 e. The molecule has 0 radical (unpaired) electrons. The van der Waals surface area contributed by atoms with Gasteiger partial charge in [0.2, 0.25) is 10.0 Å². The summed E-state index contributed by atoms with van der Waals surface area (Å²) in [5, 5.41) is 5.25. The zero-order valence-electron chi connectivity index (χ0n) is 11.3. The Morgan fingerprint density at radius 2 is 2.21 bits per heavy atom. The molecule has 1 aromatic heterocycles. The lowest BCUT2D eigenvalue weighted by Gasteiger charge is -2.37. The summed E-state index contributed by atoms with van der Waals surface area (Å²) in [5.41, 5.74) is 0. The monoisotopic (exact) mass is 284 g/mol. The topological polar surface area (TPSA) is 79.5 Å². The van der Waals surface area contributed by atoms with Crippen molar-refractivity contribution in [2.75, 3.05) is 32.1 Å². The van der Waals surface area contributed by atoms with E-state index in [1.807, 2.05) is 19.0 Å². The van der Waals surface area contributed by atoms with E-state index in [4.69, 9.17) is 5.14 Å². The Hall–Kier alpha value is -1.18. The molecule has 6 nitrogen and oxygen atoms in total. The van der Waals surface area contributed by atoms with Crippen LogP contribution >= 0.6 is 0 Å². The first-order valence-corrected chi connectivity index (χ1v) is 7.83. The van der Waals surface area contributed by atoms with Gasteiger partial charge in [0, 0.05) is 25.3 Å². The molecular weight excluding hydrogens is 264 g/mol. The molecule has 0 amide bonds. The summed E-state index contributed by atoms with van der Waals surface area (Å²) >= 11 is 0. The van der Waals surface area contributed by atoms with Crippen LogP contribution in [0.5, 0.6) is 0 Å². The number of pyridine rings is 1. The number of piperidine rings is 1. The van der Waals surface area contributed by atoms with Crippen LogP contribution in [0.4, 0.5) is 5.82 Å². The van der Waals surface area contributed by atoms with Crippen molar-refractivity contribution in [1.82, 2.24) is 9.88 Å². The molecule has 2 heterocycles. The molecule has 7 heteroatoms. The molecule has 0 aromatic carbocycles. The van der Waals surface area contributed by atoms with Gasteiger partial charge in [0.25, 0.3) is 0 Å². The fraction of sp³-hybridized carbons (Fsp3) is 0.583. The van der Waals surface area contributed by atoms with Crippen molar-refractivity contribution in [3.8, 4) is 0 Å². The predicted octanol–water partition coefficient (Wildman–Crippen LogP) is 0.259. The summed E-state index contributed by atoms with van der Waals surface area (Å²) < 4.78 is 23.2. The van der Waals surface area contributed by atoms with Crippen LogP contribution in [0, 0.1) is 0 Å². The van der Waals surface area contributed by atoms with Crippen molar-refractivity contribution in [2.24, 2.45) is 5.14 Å². The first-order valence-electron chi connectivity index (χ1n) is 6.29. The number of sulfonamides is 1. The maximum absolute atomic E-state index is 11.6. The van der Waals surface area contributed by atoms with Crippen LogP contribution in [-0.2, 0) is 10.0 Å². The molecule has 1 saturated heterocycles. The zero-order valence-corrected chi connectivity index (χ0v) is 12.1. The first kappa shape index (κ1) is 14.2. The fourth-order valence-corrected chi connectivity index (χ4v) is 3.11.